The number of anilines is 2. The van der Waals surface area contributed by atoms with Gasteiger partial charge in [0.25, 0.3) is 0 Å². The number of aromatic nitrogens is 3. The van der Waals surface area contributed by atoms with Gasteiger partial charge in [0.2, 0.25) is 5.95 Å². The van der Waals surface area contributed by atoms with Crippen LogP contribution < -0.4 is 10.2 Å². The summed E-state index contributed by atoms with van der Waals surface area (Å²) >= 11 is 0. The molecule has 2 aromatic rings. The first-order valence-electron chi connectivity index (χ1n) is 8.18. The molecule has 0 aliphatic carbocycles. The molecule has 0 atom stereocenters. The molecular weight excluding hydrogens is 288 g/mol. The van der Waals surface area contributed by atoms with Gasteiger partial charge >= 0.3 is 0 Å². The van der Waals surface area contributed by atoms with E-state index in [0.717, 1.165) is 44.5 Å². The number of benzene rings is 1. The third kappa shape index (κ3) is 4.39. The molecule has 1 N–H and O–H groups in total. The van der Waals surface area contributed by atoms with Crippen LogP contribution in [0.2, 0.25) is 0 Å². The van der Waals surface area contributed by atoms with E-state index in [1.54, 1.807) is 6.20 Å². The molecule has 1 aromatic heterocycles. The molecule has 2 heterocycles. The zero-order chi connectivity index (χ0) is 16.1. The third-order valence-corrected chi connectivity index (χ3v) is 3.89. The number of nitrogens with zero attached hydrogens (tertiary/aromatic N) is 5. The lowest BCUT2D eigenvalue weighted by molar-refractivity contribution is 0.248. The van der Waals surface area contributed by atoms with Gasteiger partial charge in [0.15, 0.2) is 5.82 Å². The maximum atomic E-state index is 4.57. The lowest BCUT2D eigenvalue weighted by Crippen LogP contribution is -2.46. The van der Waals surface area contributed by atoms with Crippen LogP contribution in [0.15, 0.2) is 36.5 Å². The van der Waals surface area contributed by atoms with Crippen LogP contribution in [-0.4, -0.2) is 52.3 Å². The van der Waals surface area contributed by atoms with Crippen molar-refractivity contribution in [2.24, 2.45) is 0 Å². The van der Waals surface area contributed by atoms with Gasteiger partial charge in [-0.15, -0.1) is 5.10 Å². The van der Waals surface area contributed by atoms with Gasteiger partial charge in [-0.3, -0.25) is 4.90 Å². The minimum atomic E-state index is 0.335. The summed E-state index contributed by atoms with van der Waals surface area (Å²) in [6, 6.07) is 10.9. The van der Waals surface area contributed by atoms with Crippen molar-refractivity contribution in [2.75, 3.05) is 36.4 Å². The number of rotatable bonds is 5. The van der Waals surface area contributed by atoms with Crippen LogP contribution in [0.3, 0.4) is 0 Å². The molecule has 23 heavy (non-hydrogen) atoms. The highest BCUT2D eigenvalue weighted by molar-refractivity contribution is 5.39. The first kappa shape index (κ1) is 15.7. The zero-order valence-electron chi connectivity index (χ0n) is 13.8. The van der Waals surface area contributed by atoms with E-state index in [4.69, 9.17) is 0 Å². The van der Waals surface area contributed by atoms with Crippen LogP contribution in [-0.2, 0) is 6.54 Å². The highest BCUT2D eigenvalue weighted by atomic mass is 15.4. The normalized spacial score (nSPS) is 15.9. The van der Waals surface area contributed by atoms with E-state index in [9.17, 15) is 0 Å². The maximum Gasteiger partial charge on any atom is 0.247 e. The van der Waals surface area contributed by atoms with Gasteiger partial charge in [-0.25, -0.2) is 0 Å². The maximum absolute atomic E-state index is 4.57. The fraction of sp³-hybridized carbons (Fsp3) is 0.471. The van der Waals surface area contributed by atoms with E-state index in [1.807, 2.05) is 0 Å². The third-order valence-electron chi connectivity index (χ3n) is 3.89. The van der Waals surface area contributed by atoms with Crippen molar-refractivity contribution in [1.29, 1.82) is 0 Å². The van der Waals surface area contributed by atoms with Crippen LogP contribution in [0.5, 0.6) is 0 Å². The second-order valence-corrected chi connectivity index (χ2v) is 6.19. The Labute approximate surface area is 137 Å². The molecule has 1 aliphatic rings. The lowest BCUT2D eigenvalue weighted by Gasteiger charge is -2.34. The predicted molar refractivity (Wildman–Crippen MR) is 92.5 cm³/mol. The van der Waals surface area contributed by atoms with Crippen molar-refractivity contribution < 1.29 is 0 Å². The zero-order valence-corrected chi connectivity index (χ0v) is 13.8. The van der Waals surface area contributed by atoms with Crippen LogP contribution in [0.25, 0.3) is 0 Å². The van der Waals surface area contributed by atoms with Crippen LogP contribution in [0.4, 0.5) is 11.8 Å². The molecular formula is C17H24N6. The van der Waals surface area contributed by atoms with Crippen molar-refractivity contribution >= 4 is 11.8 Å². The van der Waals surface area contributed by atoms with Gasteiger partial charge in [-0.2, -0.15) is 10.1 Å². The monoisotopic (exact) mass is 312 g/mol. The summed E-state index contributed by atoms with van der Waals surface area (Å²) in [5.74, 6) is 1.51. The Hall–Kier alpha value is -2.21. The van der Waals surface area contributed by atoms with Crippen LogP contribution >= 0.6 is 0 Å². The SMILES string of the molecule is CC(C)Nc1cnnc(N2CCN(Cc3ccccc3)CC2)n1. The summed E-state index contributed by atoms with van der Waals surface area (Å²) in [5, 5.41) is 11.5. The second-order valence-electron chi connectivity index (χ2n) is 6.19. The molecule has 0 bridgehead atoms. The number of hydrogen-bond donors (Lipinski definition) is 1. The molecule has 0 unspecified atom stereocenters. The molecule has 0 spiro atoms. The average molecular weight is 312 g/mol. The van der Waals surface area contributed by atoms with Crippen LogP contribution in [0.1, 0.15) is 19.4 Å². The van der Waals surface area contributed by atoms with Gasteiger partial charge in [0, 0.05) is 38.8 Å². The Bertz CT molecular complexity index is 607. The Morgan fingerprint density at radius 3 is 2.52 bits per heavy atom. The average Bonchev–Trinajstić information content (AvgIpc) is 2.56. The Balaban J connectivity index is 1.56. The van der Waals surface area contributed by atoms with Gasteiger partial charge in [0.05, 0.1) is 6.20 Å². The smallest absolute Gasteiger partial charge is 0.247 e. The largest absolute Gasteiger partial charge is 0.366 e. The molecule has 1 fully saturated rings. The van der Waals surface area contributed by atoms with Gasteiger partial charge < -0.3 is 10.2 Å². The van der Waals surface area contributed by atoms with Crippen molar-refractivity contribution in [1.82, 2.24) is 20.1 Å². The van der Waals surface area contributed by atoms with Crippen LogP contribution in [0, 0.1) is 0 Å². The first-order chi connectivity index (χ1) is 11.2. The number of piperazine rings is 1. The minimum Gasteiger partial charge on any atom is -0.366 e. The molecule has 0 saturated carbocycles. The highest BCUT2D eigenvalue weighted by Crippen LogP contribution is 2.14. The molecule has 6 nitrogen and oxygen atoms in total. The summed E-state index contributed by atoms with van der Waals surface area (Å²) in [6.45, 7) is 9.07. The fourth-order valence-corrected chi connectivity index (χ4v) is 2.74. The molecule has 1 aliphatic heterocycles. The highest BCUT2D eigenvalue weighted by Gasteiger charge is 2.19. The summed E-state index contributed by atoms with van der Waals surface area (Å²) < 4.78 is 0. The van der Waals surface area contributed by atoms with E-state index < -0.39 is 0 Å². The summed E-state index contributed by atoms with van der Waals surface area (Å²) in [5.41, 5.74) is 1.36. The summed E-state index contributed by atoms with van der Waals surface area (Å²) in [4.78, 5) is 9.24. The first-order valence-corrected chi connectivity index (χ1v) is 8.18. The lowest BCUT2D eigenvalue weighted by atomic mass is 10.2. The van der Waals surface area contributed by atoms with Gasteiger partial charge in [-0.05, 0) is 19.4 Å². The molecule has 1 aromatic carbocycles. The molecule has 3 rings (SSSR count). The minimum absolute atomic E-state index is 0.335. The molecule has 6 heteroatoms. The predicted octanol–water partition coefficient (Wildman–Crippen LogP) is 2.01. The number of nitrogens with one attached hydrogen (secondary N) is 1. The fourth-order valence-electron chi connectivity index (χ4n) is 2.74. The van der Waals surface area contributed by atoms with E-state index >= 15 is 0 Å². The standard InChI is InChI=1S/C17H24N6/c1-14(2)19-16-12-18-21-17(20-16)23-10-8-22(9-11-23)13-15-6-4-3-5-7-15/h3-7,12,14H,8-11,13H2,1-2H3,(H,19,20,21). The second kappa shape index (κ2) is 7.37. The van der Waals surface area contributed by atoms with E-state index in [1.165, 1.54) is 5.56 Å². The summed E-state index contributed by atoms with van der Waals surface area (Å²) in [6.07, 6.45) is 1.68. The van der Waals surface area contributed by atoms with Gasteiger partial charge in [0.1, 0.15) is 0 Å². The molecule has 0 amide bonds. The molecule has 1 saturated heterocycles. The quantitative estimate of drug-likeness (QED) is 0.911. The van der Waals surface area contributed by atoms with Crippen molar-refractivity contribution in [3.8, 4) is 0 Å². The van der Waals surface area contributed by atoms with Crippen molar-refractivity contribution in [3.63, 3.8) is 0 Å². The topological polar surface area (TPSA) is 57.2 Å². The number of hydrogen-bond acceptors (Lipinski definition) is 6. The van der Waals surface area contributed by atoms with E-state index in [0.29, 0.717) is 6.04 Å². The van der Waals surface area contributed by atoms with E-state index in [-0.39, 0.29) is 0 Å². The Morgan fingerprint density at radius 1 is 1.09 bits per heavy atom. The summed E-state index contributed by atoms with van der Waals surface area (Å²) in [7, 11) is 0. The Kier molecular flexibility index (Phi) is 5.02. The Morgan fingerprint density at radius 2 is 1.83 bits per heavy atom. The van der Waals surface area contributed by atoms with Crippen molar-refractivity contribution in [3.05, 3.63) is 42.1 Å². The van der Waals surface area contributed by atoms with E-state index in [2.05, 4.69) is 74.5 Å². The van der Waals surface area contributed by atoms with Crippen molar-refractivity contribution in [2.45, 2.75) is 26.4 Å². The molecule has 0 radical (unpaired) electrons. The van der Waals surface area contributed by atoms with Gasteiger partial charge in [-0.1, -0.05) is 30.3 Å². The molecule has 122 valence electrons.